The number of hydrogen-bond acceptors (Lipinski definition) is 4. The third kappa shape index (κ3) is 2.57. The minimum atomic E-state index is -0.0591. The van der Waals surface area contributed by atoms with Gasteiger partial charge in [0.15, 0.2) is 5.58 Å². The maximum atomic E-state index is 12.1. The number of pyridine rings is 1. The molecule has 1 amide bonds. The number of benzene rings is 1. The van der Waals surface area contributed by atoms with Crippen LogP contribution in [-0.4, -0.2) is 22.4 Å². The first kappa shape index (κ1) is 13.0. The number of rotatable bonds is 4. The van der Waals surface area contributed by atoms with E-state index < -0.39 is 0 Å². The van der Waals surface area contributed by atoms with Gasteiger partial charge >= 0.3 is 0 Å². The van der Waals surface area contributed by atoms with Crippen LogP contribution in [0.2, 0.25) is 0 Å². The van der Waals surface area contributed by atoms with Gasteiger partial charge < -0.3 is 9.73 Å². The van der Waals surface area contributed by atoms with Gasteiger partial charge in [0.1, 0.15) is 11.2 Å². The van der Waals surface area contributed by atoms with E-state index in [9.17, 15) is 4.79 Å². The molecule has 1 N–H and O–H groups in total. The zero-order chi connectivity index (χ0) is 14.9. The molecule has 1 aromatic carbocycles. The molecule has 0 unspecified atom stereocenters. The highest BCUT2D eigenvalue weighted by atomic mass is 16.3. The summed E-state index contributed by atoms with van der Waals surface area (Å²) >= 11 is 0. The number of oxazole rings is 1. The molecule has 110 valence electrons. The van der Waals surface area contributed by atoms with Gasteiger partial charge in [0.25, 0.3) is 5.91 Å². The smallest absolute Gasteiger partial charge is 0.251 e. The molecule has 2 heterocycles. The number of hydrogen-bond donors (Lipinski definition) is 1. The second-order valence-corrected chi connectivity index (χ2v) is 5.57. The van der Waals surface area contributed by atoms with Gasteiger partial charge in [0, 0.05) is 18.3 Å². The van der Waals surface area contributed by atoms with Crippen LogP contribution in [0.5, 0.6) is 0 Å². The number of nitrogens with zero attached hydrogens (tertiary/aromatic N) is 2. The van der Waals surface area contributed by atoms with Crippen molar-refractivity contribution in [2.24, 2.45) is 5.92 Å². The highest BCUT2D eigenvalue weighted by Crippen LogP contribution is 2.28. The number of aromatic nitrogens is 2. The molecule has 0 atom stereocenters. The number of nitrogens with one attached hydrogen (secondary N) is 1. The Morgan fingerprint density at radius 2 is 2.18 bits per heavy atom. The third-order valence-electron chi connectivity index (χ3n) is 3.78. The maximum Gasteiger partial charge on any atom is 0.251 e. The standard InChI is InChI=1S/C17H15N3O2/c21-16(19-10-11-4-5-11)12-6-7-15-14(9-12)20-17(22-15)13-3-1-2-8-18-13/h1-3,6-9,11H,4-5,10H2,(H,19,21). The van der Waals surface area contributed by atoms with E-state index in [-0.39, 0.29) is 5.91 Å². The average molecular weight is 293 g/mol. The molecule has 1 aliphatic carbocycles. The van der Waals surface area contributed by atoms with Crippen molar-refractivity contribution < 1.29 is 9.21 Å². The van der Waals surface area contributed by atoms with Gasteiger partial charge in [-0.15, -0.1) is 0 Å². The van der Waals surface area contributed by atoms with Gasteiger partial charge in [0.2, 0.25) is 5.89 Å². The Hall–Kier alpha value is -2.69. The normalized spacial score (nSPS) is 14.2. The summed E-state index contributed by atoms with van der Waals surface area (Å²) < 4.78 is 5.69. The Kier molecular flexibility index (Phi) is 3.11. The van der Waals surface area contributed by atoms with Crippen LogP contribution >= 0.6 is 0 Å². The van der Waals surface area contributed by atoms with Crippen molar-refractivity contribution >= 4 is 17.0 Å². The first-order valence-corrected chi connectivity index (χ1v) is 7.40. The zero-order valence-corrected chi connectivity index (χ0v) is 12.0. The Labute approximate surface area is 127 Å². The van der Waals surface area contributed by atoms with Crippen molar-refractivity contribution in [1.82, 2.24) is 15.3 Å². The number of amides is 1. The minimum Gasteiger partial charge on any atom is -0.435 e. The van der Waals surface area contributed by atoms with Gasteiger partial charge in [-0.05, 0) is 49.1 Å². The van der Waals surface area contributed by atoms with Gasteiger partial charge in [-0.25, -0.2) is 4.98 Å². The van der Waals surface area contributed by atoms with Crippen molar-refractivity contribution in [3.05, 3.63) is 48.2 Å². The highest BCUT2D eigenvalue weighted by Gasteiger charge is 2.22. The number of fused-ring (bicyclic) bond motifs is 1. The van der Waals surface area contributed by atoms with Crippen molar-refractivity contribution in [3.8, 4) is 11.6 Å². The number of carbonyl (C=O) groups excluding carboxylic acids is 1. The fraction of sp³-hybridized carbons (Fsp3) is 0.235. The van der Waals surface area contributed by atoms with E-state index in [1.54, 1.807) is 24.4 Å². The van der Waals surface area contributed by atoms with Crippen molar-refractivity contribution in [2.75, 3.05) is 6.54 Å². The van der Waals surface area contributed by atoms with Crippen LogP contribution in [0.1, 0.15) is 23.2 Å². The minimum absolute atomic E-state index is 0.0591. The summed E-state index contributed by atoms with van der Waals surface area (Å²) in [5.74, 6) is 1.07. The van der Waals surface area contributed by atoms with E-state index in [0.717, 1.165) is 6.54 Å². The van der Waals surface area contributed by atoms with Gasteiger partial charge in [0.05, 0.1) is 0 Å². The molecule has 0 bridgehead atoms. The van der Waals surface area contributed by atoms with E-state index >= 15 is 0 Å². The largest absolute Gasteiger partial charge is 0.435 e. The molecule has 1 saturated carbocycles. The SMILES string of the molecule is O=C(NCC1CC1)c1ccc2oc(-c3ccccn3)nc2c1. The van der Waals surface area contributed by atoms with Gasteiger partial charge in [-0.1, -0.05) is 6.07 Å². The summed E-state index contributed by atoms with van der Waals surface area (Å²) in [6.45, 7) is 0.759. The monoisotopic (exact) mass is 293 g/mol. The summed E-state index contributed by atoms with van der Waals surface area (Å²) in [5.41, 5.74) is 2.60. The Bertz CT molecular complexity index is 822. The van der Waals surface area contributed by atoms with E-state index in [1.165, 1.54) is 12.8 Å². The third-order valence-corrected chi connectivity index (χ3v) is 3.78. The number of carbonyl (C=O) groups is 1. The van der Waals surface area contributed by atoms with Crippen molar-refractivity contribution in [3.63, 3.8) is 0 Å². The second-order valence-electron chi connectivity index (χ2n) is 5.57. The molecule has 5 nitrogen and oxygen atoms in total. The molecule has 0 spiro atoms. The van der Waals surface area contributed by atoms with Crippen LogP contribution in [0.15, 0.2) is 47.0 Å². The van der Waals surface area contributed by atoms with E-state index in [0.29, 0.717) is 34.2 Å². The molecule has 3 aromatic rings. The summed E-state index contributed by atoms with van der Waals surface area (Å²) in [4.78, 5) is 20.8. The molecule has 1 aliphatic rings. The lowest BCUT2D eigenvalue weighted by molar-refractivity contribution is 0.0952. The maximum absolute atomic E-state index is 12.1. The van der Waals surface area contributed by atoms with Crippen LogP contribution in [-0.2, 0) is 0 Å². The highest BCUT2D eigenvalue weighted by molar-refractivity contribution is 5.97. The Balaban J connectivity index is 1.61. The Morgan fingerprint density at radius 3 is 2.95 bits per heavy atom. The van der Waals surface area contributed by atoms with Crippen LogP contribution in [0.25, 0.3) is 22.7 Å². The zero-order valence-electron chi connectivity index (χ0n) is 12.0. The van der Waals surface area contributed by atoms with E-state index in [4.69, 9.17) is 4.42 Å². The fourth-order valence-electron chi connectivity index (χ4n) is 2.33. The van der Waals surface area contributed by atoms with E-state index in [1.807, 2.05) is 18.2 Å². The van der Waals surface area contributed by atoms with Crippen LogP contribution in [0, 0.1) is 5.92 Å². The molecule has 0 radical (unpaired) electrons. The Morgan fingerprint density at radius 1 is 1.27 bits per heavy atom. The summed E-state index contributed by atoms with van der Waals surface area (Å²) in [7, 11) is 0. The predicted molar refractivity (Wildman–Crippen MR) is 82.3 cm³/mol. The predicted octanol–water partition coefficient (Wildman–Crippen LogP) is 3.03. The van der Waals surface area contributed by atoms with Crippen LogP contribution in [0.4, 0.5) is 0 Å². The molecule has 4 rings (SSSR count). The first-order valence-electron chi connectivity index (χ1n) is 7.40. The molecule has 22 heavy (non-hydrogen) atoms. The van der Waals surface area contributed by atoms with Crippen LogP contribution in [0.3, 0.4) is 0 Å². The van der Waals surface area contributed by atoms with Crippen molar-refractivity contribution in [1.29, 1.82) is 0 Å². The summed E-state index contributed by atoms with van der Waals surface area (Å²) in [6, 6.07) is 10.9. The fourth-order valence-corrected chi connectivity index (χ4v) is 2.33. The van der Waals surface area contributed by atoms with E-state index in [2.05, 4.69) is 15.3 Å². The summed E-state index contributed by atoms with van der Waals surface area (Å²) in [5, 5.41) is 2.95. The van der Waals surface area contributed by atoms with Gasteiger partial charge in [-0.3, -0.25) is 9.78 Å². The quantitative estimate of drug-likeness (QED) is 0.803. The van der Waals surface area contributed by atoms with Crippen molar-refractivity contribution in [2.45, 2.75) is 12.8 Å². The molecule has 5 heteroatoms. The molecule has 2 aromatic heterocycles. The molecule has 0 saturated heterocycles. The molecular formula is C17H15N3O2. The first-order chi connectivity index (χ1) is 10.8. The lowest BCUT2D eigenvalue weighted by Crippen LogP contribution is -2.25. The average Bonchev–Trinajstić information content (AvgIpc) is 3.29. The van der Waals surface area contributed by atoms with Crippen LogP contribution < -0.4 is 5.32 Å². The molecule has 1 fully saturated rings. The molecule has 0 aliphatic heterocycles. The molecular weight excluding hydrogens is 278 g/mol. The lowest BCUT2D eigenvalue weighted by atomic mass is 10.2. The summed E-state index contributed by atoms with van der Waals surface area (Å²) in [6.07, 6.45) is 4.13. The topological polar surface area (TPSA) is 68.0 Å². The second kappa shape index (κ2) is 5.26. The lowest BCUT2D eigenvalue weighted by Gasteiger charge is -2.03. The van der Waals surface area contributed by atoms with Gasteiger partial charge in [-0.2, -0.15) is 0 Å².